The average Bonchev–Trinajstić information content (AvgIpc) is 3.35. The molecule has 1 heterocycles. The number of rotatable bonds is 5. The molecule has 27 heavy (non-hydrogen) atoms. The van der Waals surface area contributed by atoms with Crippen molar-refractivity contribution in [2.24, 2.45) is 0 Å². The van der Waals surface area contributed by atoms with Gasteiger partial charge >= 0.3 is 6.18 Å². The number of benzene rings is 1. The van der Waals surface area contributed by atoms with E-state index in [1.807, 2.05) is 13.0 Å². The molecule has 0 saturated heterocycles. The largest absolute Gasteiger partial charge is 0.495 e. The lowest BCUT2D eigenvalue weighted by Crippen LogP contribution is -2.26. The van der Waals surface area contributed by atoms with E-state index in [-0.39, 0.29) is 10.4 Å². The van der Waals surface area contributed by atoms with Crippen LogP contribution in [0.4, 0.5) is 18.9 Å². The third-order valence-electron chi connectivity index (χ3n) is 4.48. The Morgan fingerprint density at radius 2 is 2.07 bits per heavy atom. The van der Waals surface area contributed by atoms with Gasteiger partial charge in [0.05, 0.1) is 23.0 Å². The second kappa shape index (κ2) is 7.18. The minimum Gasteiger partial charge on any atom is -0.495 e. The molecule has 1 fully saturated rings. The van der Waals surface area contributed by atoms with Crippen LogP contribution < -0.4 is 10.1 Å². The van der Waals surface area contributed by atoms with Gasteiger partial charge in [-0.1, -0.05) is 6.07 Å². The summed E-state index contributed by atoms with van der Waals surface area (Å²) in [6, 6.07) is 4.38. The smallest absolute Gasteiger partial charge is 0.436 e. The maximum Gasteiger partial charge on any atom is 0.436 e. The fourth-order valence-electron chi connectivity index (χ4n) is 2.89. The van der Waals surface area contributed by atoms with Crippen molar-refractivity contribution in [1.82, 2.24) is 9.78 Å². The maximum absolute atomic E-state index is 13.3. The van der Waals surface area contributed by atoms with Crippen LogP contribution in [0, 0.1) is 6.92 Å². The fourth-order valence-corrected chi connectivity index (χ4v) is 3.70. The van der Waals surface area contributed by atoms with E-state index in [9.17, 15) is 18.0 Å². The number of halogens is 4. The quantitative estimate of drug-likeness (QED) is 0.699. The van der Waals surface area contributed by atoms with Crippen LogP contribution in [0.3, 0.4) is 0 Å². The van der Waals surface area contributed by atoms with Crippen LogP contribution in [0.2, 0.25) is 0 Å². The first kappa shape index (κ1) is 19.7. The van der Waals surface area contributed by atoms with Crippen molar-refractivity contribution in [3.63, 3.8) is 0 Å². The molecule has 1 amide bonds. The number of carbonyl (C=O) groups is 1. The zero-order chi connectivity index (χ0) is 19.9. The Bertz CT molecular complexity index is 875. The van der Waals surface area contributed by atoms with Crippen molar-refractivity contribution < 1.29 is 22.7 Å². The molecule has 9 heteroatoms. The SMILES string of the molecule is COc1ccc(C)cc1NC(=O)C(C)n1nc(C(F)(F)F)c(Br)c1C1CC1. The van der Waals surface area contributed by atoms with E-state index in [1.54, 1.807) is 12.1 Å². The highest BCUT2D eigenvalue weighted by atomic mass is 79.9. The van der Waals surface area contributed by atoms with E-state index < -0.39 is 23.8 Å². The van der Waals surface area contributed by atoms with Gasteiger partial charge in [-0.25, -0.2) is 0 Å². The second-order valence-corrected chi connectivity index (χ2v) is 7.43. The number of alkyl halides is 3. The molecule has 1 aromatic carbocycles. The summed E-state index contributed by atoms with van der Waals surface area (Å²) in [4.78, 5) is 12.7. The summed E-state index contributed by atoms with van der Waals surface area (Å²) in [5.41, 5.74) is 0.793. The molecular weight excluding hydrogens is 427 g/mol. The molecule has 1 unspecified atom stereocenters. The topological polar surface area (TPSA) is 56.1 Å². The summed E-state index contributed by atoms with van der Waals surface area (Å²) in [6.07, 6.45) is -3.03. The number of hydrogen-bond acceptors (Lipinski definition) is 3. The zero-order valence-corrected chi connectivity index (χ0v) is 16.6. The molecule has 2 aromatic rings. The molecule has 0 bridgehead atoms. The molecular formula is C18H19BrF3N3O2. The van der Waals surface area contributed by atoms with Gasteiger partial charge in [0, 0.05) is 5.92 Å². The number of carbonyl (C=O) groups excluding carboxylic acids is 1. The predicted octanol–water partition coefficient (Wildman–Crippen LogP) is 5.06. The third kappa shape index (κ3) is 3.97. The van der Waals surface area contributed by atoms with Gasteiger partial charge in [-0.3, -0.25) is 9.48 Å². The summed E-state index contributed by atoms with van der Waals surface area (Å²) in [6.45, 7) is 3.40. The molecule has 1 N–H and O–H groups in total. The van der Waals surface area contributed by atoms with Crippen molar-refractivity contribution in [3.8, 4) is 5.75 Å². The summed E-state index contributed by atoms with van der Waals surface area (Å²) >= 11 is 3.04. The maximum atomic E-state index is 13.3. The average molecular weight is 446 g/mol. The number of amides is 1. The van der Waals surface area contributed by atoms with Crippen molar-refractivity contribution in [3.05, 3.63) is 39.6 Å². The first-order chi connectivity index (χ1) is 12.6. The lowest BCUT2D eigenvalue weighted by molar-refractivity contribution is -0.142. The molecule has 1 aliphatic carbocycles. The summed E-state index contributed by atoms with van der Waals surface area (Å²) < 4.78 is 46.1. The monoisotopic (exact) mass is 445 g/mol. The number of aromatic nitrogens is 2. The number of aryl methyl sites for hydroxylation is 1. The lowest BCUT2D eigenvalue weighted by Gasteiger charge is -2.17. The van der Waals surface area contributed by atoms with Crippen LogP contribution in [0.5, 0.6) is 5.75 Å². The Balaban J connectivity index is 1.93. The first-order valence-electron chi connectivity index (χ1n) is 8.44. The van der Waals surface area contributed by atoms with Crippen molar-refractivity contribution >= 4 is 27.5 Å². The Labute approximate surface area is 163 Å². The number of nitrogens with zero attached hydrogens (tertiary/aromatic N) is 2. The first-order valence-corrected chi connectivity index (χ1v) is 9.23. The number of methoxy groups -OCH3 is 1. The third-order valence-corrected chi connectivity index (χ3v) is 5.26. The van der Waals surface area contributed by atoms with E-state index in [0.29, 0.717) is 17.1 Å². The second-order valence-electron chi connectivity index (χ2n) is 6.63. The number of anilines is 1. The number of hydrogen-bond donors (Lipinski definition) is 1. The Kier molecular flexibility index (Phi) is 5.24. The lowest BCUT2D eigenvalue weighted by atomic mass is 10.2. The van der Waals surface area contributed by atoms with E-state index in [1.165, 1.54) is 18.7 Å². The van der Waals surface area contributed by atoms with Crippen LogP contribution >= 0.6 is 15.9 Å². The van der Waals surface area contributed by atoms with E-state index in [0.717, 1.165) is 18.4 Å². The molecule has 0 aliphatic heterocycles. The molecule has 146 valence electrons. The van der Waals surface area contributed by atoms with Crippen LogP contribution in [0.25, 0.3) is 0 Å². The van der Waals surface area contributed by atoms with Gasteiger partial charge in [-0.15, -0.1) is 0 Å². The van der Waals surface area contributed by atoms with Gasteiger partial charge in [0.15, 0.2) is 5.69 Å². The predicted molar refractivity (Wildman–Crippen MR) is 98.0 cm³/mol. The summed E-state index contributed by atoms with van der Waals surface area (Å²) in [5.74, 6) is -0.0163. The van der Waals surface area contributed by atoms with Crippen molar-refractivity contribution in [2.75, 3.05) is 12.4 Å². The Morgan fingerprint density at radius 3 is 2.63 bits per heavy atom. The molecule has 1 aliphatic rings. The number of nitrogens with one attached hydrogen (secondary N) is 1. The zero-order valence-electron chi connectivity index (χ0n) is 15.0. The van der Waals surface area contributed by atoms with E-state index in [4.69, 9.17) is 4.74 Å². The van der Waals surface area contributed by atoms with Gasteiger partial charge in [-0.05, 0) is 60.3 Å². The van der Waals surface area contributed by atoms with Crippen molar-refractivity contribution in [1.29, 1.82) is 0 Å². The highest BCUT2D eigenvalue weighted by Gasteiger charge is 2.43. The van der Waals surface area contributed by atoms with Crippen LogP contribution in [0.15, 0.2) is 22.7 Å². The van der Waals surface area contributed by atoms with Gasteiger partial charge in [0.25, 0.3) is 0 Å². The highest BCUT2D eigenvalue weighted by Crippen LogP contribution is 2.47. The van der Waals surface area contributed by atoms with Crippen LogP contribution in [0.1, 0.15) is 48.7 Å². The molecule has 1 atom stereocenters. The molecule has 1 aromatic heterocycles. The number of ether oxygens (including phenoxy) is 1. The molecule has 0 radical (unpaired) electrons. The molecule has 1 saturated carbocycles. The van der Waals surface area contributed by atoms with Gasteiger partial charge in [0.2, 0.25) is 5.91 Å². The Hall–Kier alpha value is -2.03. The molecule has 0 spiro atoms. The van der Waals surface area contributed by atoms with Gasteiger partial charge < -0.3 is 10.1 Å². The highest BCUT2D eigenvalue weighted by molar-refractivity contribution is 9.10. The van der Waals surface area contributed by atoms with E-state index >= 15 is 0 Å². The van der Waals surface area contributed by atoms with E-state index in [2.05, 4.69) is 26.3 Å². The minimum absolute atomic E-state index is 0.0215. The van der Waals surface area contributed by atoms with Crippen molar-refractivity contribution in [2.45, 2.75) is 44.8 Å². The van der Waals surface area contributed by atoms with Crippen LogP contribution in [-0.2, 0) is 11.0 Å². The normalized spacial score (nSPS) is 15.5. The fraction of sp³-hybridized carbons (Fsp3) is 0.444. The summed E-state index contributed by atoms with van der Waals surface area (Å²) in [7, 11) is 1.48. The van der Waals surface area contributed by atoms with Gasteiger partial charge in [-0.2, -0.15) is 18.3 Å². The van der Waals surface area contributed by atoms with Gasteiger partial charge in [0.1, 0.15) is 11.8 Å². The standard InChI is InChI=1S/C18H19BrF3N3O2/c1-9-4-7-13(27-3)12(8-9)23-17(26)10(2)25-15(11-5-6-11)14(19)16(24-25)18(20,21)22/h4,7-8,10-11H,5-6H2,1-3H3,(H,23,26). The van der Waals surface area contributed by atoms with Crippen LogP contribution in [-0.4, -0.2) is 22.8 Å². The minimum atomic E-state index is -4.59. The molecule has 3 rings (SSSR count). The molecule has 5 nitrogen and oxygen atoms in total. The Morgan fingerprint density at radius 1 is 1.41 bits per heavy atom. The summed E-state index contributed by atoms with van der Waals surface area (Å²) in [5, 5.41) is 6.45.